The van der Waals surface area contributed by atoms with Gasteiger partial charge < -0.3 is 10.6 Å². The Morgan fingerprint density at radius 3 is 2.39 bits per heavy atom. The summed E-state index contributed by atoms with van der Waals surface area (Å²) in [6.45, 7) is 2.02. The van der Waals surface area contributed by atoms with E-state index >= 15 is 0 Å². The number of pyridine rings is 1. The second-order valence-corrected chi connectivity index (χ2v) is 8.62. The van der Waals surface area contributed by atoms with Gasteiger partial charge in [0.15, 0.2) is 0 Å². The number of nitrogens with zero attached hydrogens (tertiary/aromatic N) is 4. The monoisotopic (exact) mass is 446 g/mol. The van der Waals surface area contributed by atoms with Crippen LogP contribution in [0.5, 0.6) is 0 Å². The van der Waals surface area contributed by atoms with E-state index in [2.05, 4.69) is 15.6 Å². The Kier molecular flexibility index (Phi) is 7.14. The molecule has 1 fully saturated rings. The van der Waals surface area contributed by atoms with Crippen molar-refractivity contribution in [2.75, 3.05) is 30.8 Å². The molecule has 0 spiro atoms. The molecule has 172 valence electrons. The van der Waals surface area contributed by atoms with Gasteiger partial charge in [-0.3, -0.25) is 14.5 Å². The van der Waals surface area contributed by atoms with Crippen molar-refractivity contribution in [3.8, 4) is 5.69 Å². The van der Waals surface area contributed by atoms with E-state index in [0.717, 1.165) is 29.9 Å². The molecule has 8 nitrogen and oxygen atoms in total. The van der Waals surface area contributed by atoms with Gasteiger partial charge in [-0.15, -0.1) is 0 Å². The molecule has 3 aromatic rings. The van der Waals surface area contributed by atoms with Crippen LogP contribution < -0.4 is 10.6 Å². The number of nitrogens with one attached hydrogen (secondary N) is 2. The lowest BCUT2D eigenvalue weighted by atomic mass is 10.0. The van der Waals surface area contributed by atoms with Gasteiger partial charge in [0.1, 0.15) is 11.6 Å². The van der Waals surface area contributed by atoms with Crippen molar-refractivity contribution < 1.29 is 9.59 Å². The highest BCUT2D eigenvalue weighted by atomic mass is 16.2. The summed E-state index contributed by atoms with van der Waals surface area (Å²) in [4.78, 5) is 31.0. The second kappa shape index (κ2) is 10.4. The van der Waals surface area contributed by atoms with Crippen LogP contribution in [0.25, 0.3) is 5.69 Å². The highest BCUT2D eigenvalue weighted by Crippen LogP contribution is 2.35. The maximum Gasteiger partial charge on any atom is 0.239 e. The summed E-state index contributed by atoms with van der Waals surface area (Å²) in [5.41, 5.74) is 2.74. The van der Waals surface area contributed by atoms with Gasteiger partial charge in [-0.2, -0.15) is 5.10 Å². The maximum absolute atomic E-state index is 12.8. The number of benzene rings is 1. The normalized spacial score (nSPS) is 13.9. The predicted molar refractivity (Wildman–Crippen MR) is 129 cm³/mol. The largest absolute Gasteiger partial charge is 0.310 e. The Morgan fingerprint density at radius 2 is 1.70 bits per heavy atom. The van der Waals surface area contributed by atoms with Crippen molar-refractivity contribution in [1.29, 1.82) is 0 Å². The molecule has 1 aromatic carbocycles. The lowest BCUT2D eigenvalue weighted by Crippen LogP contribution is -2.36. The molecule has 2 heterocycles. The number of rotatable bonds is 8. The van der Waals surface area contributed by atoms with Gasteiger partial charge in [0.05, 0.1) is 24.5 Å². The van der Waals surface area contributed by atoms with Crippen molar-refractivity contribution in [1.82, 2.24) is 19.7 Å². The number of hydrogen-bond donors (Lipinski definition) is 2. The van der Waals surface area contributed by atoms with Crippen LogP contribution in [0.1, 0.15) is 43.0 Å². The molecule has 0 saturated heterocycles. The molecule has 1 saturated carbocycles. The van der Waals surface area contributed by atoms with Crippen molar-refractivity contribution in [3.05, 3.63) is 66.0 Å². The lowest BCUT2D eigenvalue weighted by molar-refractivity contribution is -0.119. The zero-order valence-electron chi connectivity index (χ0n) is 19.1. The fourth-order valence-corrected chi connectivity index (χ4v) is 4.20. The zero-order chi connectivity index (χ0) is 23.2. The van der Waals surface area contributed by atoms with E-state index in [4.69, 9.17) is 5.10 Å². The molecule has 0 atom stereocenters. The number of carbonyl (C=O) groups excluding carboxylic acids is 2. The van der Waals surface area contributed by atoms with E-state index in [1.165, 1.54) is 12.8 Å². The number of aromatic nitrogens is 3. The average molecular weight is 447 g/mol. The maximum atomic E-state index is 12.8. The summed E-state index contributed by atoms with van der Waals surface area (Å²) in [6.07, 6.45) is 4.70. The van der Waals surface area contributed by atoms with Crippen molar-refractivity contribution >= 4 is 23.5 Å². The van der Waals surface area contributed by atoms with Gasteiger partial charge in [-0.05, 0) is 51.1 Å². The Morgan fingerprint density at radius 1 is 1.00 bits per heavy atom. The standard InChI is InChI=1S/C25H30N6O2/c1-18-9-8-14-22(26-18)27-24(32)16-30(2)17-25(33)28-23-15-21(19-10-6-7-11-19)29-31(23)20-12-4-3-5-13-20/h3-5,8-9,12-15,19H,6-7,10-11,16-17H2,1-2H3,(H,28,33)(H,26,27,32). The van der Waals surface area contributed by atoms with Crippen molar-refractivity contribution in [2.45, 2.75) is 38.5 Å². The van der Waals surface area contributed by atoms with Crippen LogP contribution in [0.4, 0.5) is 11.6 Å². The first-order valence-electron chi connectivity index (χ1n) is 11.4. The zero-order valence-corrected chi connectivity index (χ0v) is 19.1. The summed E-state index contributed by atoms with van der Waals surface area (Å²) < 4.78 is 1.79. The Bertz CT molecular complexity index is 1110. The van der Waals surface area contributed by atoms with Gasteiger partial charge in [-0.25, -0.2) is 9.67 Å². The molecule has 2 aromatic heterocycles. The molecular weight excluding hydrogens is 416 g/mol. The van der Waals surface area contributed by atoms with Crippen LogP contribution in [0.3, 0.4) is 0 Å². The minimum atomic E-state index is -0.221. The van der Waals surface area contributed by atoms with Gasteiger partial charge in [-0.1, -0.05) is 37.1 Å². The first-order valence-corrected chi connectivity index (χ1v) is 11.4. The summed E-state index contributed by atoms with van der Waals surface area (Å²) in [5.74, 6) is 1.17. The highest BCUT2D eigenvalue weighted by molar-refractivity contribution is 5.94. The molecule has 0 radical (unpaired) electrons. The number of para-hydroxylation sites is 1. The van der Waals surface area contributed by atoms with Crippen molar-refractivity contribution in [2.24, 2.45) is 0 Å². The number of likely N-dealkylation sites (N-methyl/N-ethyl adjacent to an activating group) is 1. The van der Waals surface area contributed by atoms with Gasteiger partial charge >= 0.3 is 0 Å². The average Bonchev–Trinajstić information content (AvgIpc) is 3.44. The Hall–Kier alpha value is -3.52. The lowest BCUT2D eigenvalue weighted by Gasteiger charge is -2.16. The third kappa shape index (κ3) is 6.04. The van der Waals surface area contributed by atoms with Crippen LogP contribution in [0.15, 0.2) is 54.6 Å². The predicted octanol–water partition coefficient (Wildman–Crippen LogP) is 3.74. The first kappa shape index (κ1) is 22.7. The summed E-state index contributed by atoms with van der Waals surface area (Å²) in [7, 11) is 1.74. The van der Waals surface area contributed by atoms with Gasteiger partial charge in [0.25, 0.3) is 0 Å². The molecular formula is C25H30N6O2. The highest BCUT2D eigenvalue weighted by Gasteiger charge is 2.23. The number of anilines is 2. The van der Waals surface area contributed by atoms with E-state index in [0.29, 0.717) is 17.6 Å². The molecule has 1 aliphatic carbocycles. The topological polar surface area (TPSA) is 92.2 Å². The number of hydrogen-bond acceptors (Lipinski definition) is 5. The Labute approximate surface area is 194 Å². The molecule has 33 heavy (non-hydrogen) atoms. The van der Waals surface area contributed by atoms with E-state index in [9.17, 15) is 9.59 Å². The molecule has 2 N–H and O–H groups in total. The molecule has 8 heteroatoms. The van der Waals surface area contributed by atoms with Crippen LogP contribution in [0.2, 0.25) is 0 Å². The van der Waals surface area contributed by atoms with Crippen LogP contribution >= 0.6 is 0 Å². The van der Waals surface area contributed by atoms with Crippen LogP contribution in [0, 0.1) is 6.92 Å². The first-order chi connectivity index (χ1) is 16.0. The second-order valence-electron chi connectivity index (χ2n) is 8.62. The summed E-state index contributed by atoms with van der Waals surface area (Å²) >= 11 is 0. The van der Waals surface area contributed by atoms with Crippen molar-refractivity contribution in [3.63, 3.8) is 0 Å². The number of carbonyl (C=O) groups is 2. The molecule has 1 aliphatic rings. The summed E-state index contributed by atoms with van der Waals surface area (Å²) in [5, 5.41) is 10.6. The molecule has 4 rings (SSSR count). The van der Waals surface area contributed by atoms with Gasteiger partial charge in [0.2, 0.25) is 11.8 Å². The third-order valence-corrected chi connectivity index (χ3v) is 5.75. The van der Waals surface area contributed by atoms with Crippen LogP contribution in [-0.4, -0.2) is 51.6 Å². The molecule has 0 bridgehead atoms. The Balaban J connectivity index is 1.39. The molecule has 2 amide bonds. The minimum Gasteiger partial charge on any atom is -0.310 e. The fourth-order valence-electron chi connectivity index (χ4n) is 4.20. The van der Waals surface area contributed by atoms with E-state index in [-0.39, 0.29) is 24.9 Å². The minimum absolute atomic E-state index is 0.0768. The van der Waals surface area contributed by atoms with E-state index < -0.39 is 0 Å². The molecule has 0 unspecified atom stereocenters. The smallest absolute Gasteiger partial charge is 0.239 e. The third-order valence-electron chi connectivity index (χ3n) is 5.75. The SMILES string of the molecule is Cc1cccc(NC(=O)CN(C)CC(=O)Nc2cc(C3CCCC3)nn2-c2ccccc2)n1. The quantitative estimate of drug-likeness (QED) is 0.550. The number of aryl methyl sites for hydroxylation is 1. The number of amides is 2. The summed E-state index contributed by atoms with van der Waals surface area (Å²) in [6, 6.07) is 17.2. The molecule has 0 aliphatic heterocycles. The van der Waals surface area contributed by atoms with Gasteiger partial charge in [0, 0.05) is 17.7 Å². The fraction of sp³-hybridized carbons (Fsp3) is 0.360. The van der Waals surface area contributed by atoms with E-state index in [1.54, 1.807) is 22.7 Å². The van der Waals surface area contributed by atoms with Crippen LogP contribution in [-0.2, 0) is 9.59 Å². The van der Waals surface area contributed by atoms with E-state index in [1.807, 2.05) is 55.5 Å².